The quantitative estimate of drug-likeness (QED) is 0.630. The van der Waals surface area contributed by atoms with Crippen molar-refractivity contribution in [3.05, 3.63) is 38.9 Å². The second-order valence-corrected chi connectivity index (χ2v) is 5.11. The molecule has 1 aromatic rings. The largest absolute Gasteiger partial charge is 0.406 e. The Bertz CT molecular complexity index is 588. The maximum absolute atomic E-state index is 12.5. The molecule has 2 rings (SSSR count). The predicted octanol–water partition coefficient (Wildman–Crippen LogP) is 3.42. The molecule has 1 aliphatic rings. The first-order chi connectivity index (χ1) is 9.69. The van der Waals surface area contributed by atoms with Gasteiger partial charge in [-0.15, -0.1) is 0 Å². The first kappa shape index (κ1) is 15.6. The molecule has 0 bridgehead atoms. The molecule has 21 heavy (non-hydrogen) atoms. The molecule has 114 valence electrons. The number of benzene rings is 1. The normalized spacial score (nSPS) is 14.9. The Balaban J connectivity index is 2.29. The number of carbonyl (C=O) groups is 1. The minimum absolute atomic E-state index is 0.176. The number of carbonyl (C=O) groups excluding carboxylic acids is 1. The van der Waals surface area contributed by atoms with Crippen LogP contribution >= 0.6 is 11.6 Å². The van der Waals surface area contributed by atoms with Crippen LogP contribution in [-0.4, -0.2) is 34.5 Å². The number of nitrogens with zero attached hydrogens (tertiary/aromatic N) is 2. The molecule has 0 N–H and O–H groups in total. The van der Waals surface area contributed by atoms with Crippen molar-refractivity contribution in [2.24, 2.45) is 0 Å². The molecule has 0 aromatic heterocycles. The Morgan fingerprint density at radius 2 is 2.05 bits per heavy atom. The maximum Gasteiger partial charge on any atom is 0.406 e. The van der Waals surface area contributed by atoms with Gasteiger partial charge in [0.15, 0.2) is 0 Å². The first-order valence-electron chi connectivity index (χ1n) is 6.00. The molecule has 0 aliphatic heterocycles. The second-order valence-electron chi connectivity index (χ2n) is 4.70. The SMILES string of the molecule is O=C(c1ccc(Cl)c([N+](=O)[O-])c1)N(CC(F)(F)F)C1CC1. The van der Waals surface area contributed by atoms with Crippen LogP contribution in [-0.2, 0) is 0 Å². The van der Waals surface area contributed by atoms with Crippen molar-refractivity contribution in [2.45, 2.75) is 25.1 Å². The molecule has 0 atom stereocenters. The Labute approximate surface area is 122 Å². The third-order valence-electron chi connectivity index (χ3n) is 2.99. The van der Waals surface area contributed by atoms with Crippen LogP contribution in [0.1, 0.15) is 23.2 Å². The summed E-state index contributed by atoms with van der Waals surface area (Å²) in [5.74, 6) is -0.880. The van der Waals surface area contributed by atoms with E-state index in [4.69, 9.17) is 11.6 Å². The summed E-state index contributed by atoms with van der Waals surface area (Å²) in [6.45, 7) is -1.37. The minimum atomic E-state index is -4.52. The van der Waals surface area contributed by atoms with Crippen LogP contribution in [0, 0.1) is 10.1 Å². The van der Waals surface area contributed by atoms with Crippen molar-refractivity contribution in [1.29, 1.82) is 0 Å². The molecule has 0 heterocycles. The average Bonchev–Trinajstić information content (AvgIpc) is 3.18. The number of nitro benzene ring substituents is 1. The summed E-state index contributed by atoms with van der Waals surface area (Å²) >= 11 is 5.61. The molecule has 5 nitrogen and oxygen atoms in total. The predicted molar refractivity (Wildman–Crippen MR) is 68.2 cm³/mol. The van der Waals surface area contributed by atoms with Gasteiger partial charge in [-0.1, -0.05) is 11.6 Å². The Morgan fingerprint density at radius 3 is 2.52 bits per heavy atom. The molecule has 0 radical (unpaired) electrons. The van der Waals surface area contributed by atoms with Crippen molar-refractivity contribution in [1.82, 2.24) is 4.90 Å². The number of alkyl halides is 3. The summed E-state index contributed by atoms with van der Waals surface area (Å²) in [5, 5.41) is 10.6. The zero-order valence-electron chi connectivity index (χ0n) is 10.6. The number of hydrogen-bond acceptors (Lipinski definition) is 3. The summed E-state index contributed by atoms with van der Waals surface area (Å²) in [6, 6.07) is 2.75. The van der Waals surface area contributed by atoms with Crippen LogP contribution in [0.5, 0.6) is 0 Å². The fourth-order valence-corrected chi connectivity index (χ4v) is 2.08. The number of rotatable bonds is 4. The Morgan fingerprint density at radius 1 is 1.43 bits per heavy atom. The highest BCUT2D eigenvalue weighted by Gasteiger charge is 2.41. The third-order valence-corrected chi connectivity index (χ3v) is 3.31. The number of halogens is 4. The van der Waals surface area contributed by atoms with Crippen molar-refractivity contribution in [2.75, 3.05) is 6.54 Å². The summed E-state index contributed by atoms with van der Waals surface area (Å²) < 4.78 is 37.6. The van der Waals surface area contributed by atoms with Crippen LogP contribution in [0.25, 0.3) is 0 Å². The van der Waals surface area contributed by atoms with E-state index in [0.29, 0.717) is 17.7 Å². The molecule has 0 spiro atoms. The van der Waals surface area contributed by atoms with Gasteiger partial charge in [-0.2, -0.15) is 13.2 Å². The van der Waals surface area contributed by atoms with Crippen LogP contribution < -0.4 is 0 Å². The van der Waals surface area contributed by atoms with Gasteiger partial charge < -0.3 is 4.90 Å². The van der Waals surface area contributed by atoms with Crippen LogP contribution in [0.2, 0.25) is 5.02 Å². The van der Waals surface area contributed by atoms with Crippen LogP contribution in [0.3, 0.4) is 0 Å². The molecule has 0 unspecified atom stereocenters. The number of hydrogen-bond donors (Lipinski definition) is 0. The van der Waals surface area contributed by atoms with Gasteiger partial charge in [0.05, 0.1) is 4.92 Å². The van der Waals surface area contributed by atoms with Gasteiger partial charge in [-0.3, -0.25) is 14.9 Å². The summed E-state index contributed by atoms with van der Waals surface area (Å²) in [6.07, 6.45) is -3.52. The van der Waals surface area contributed by atoms with E-state index in [-0.39, 0.29) is 10.6 Å². The fourth-order valence-electron chi connectivity index (χ4n) is 1.90. The minimum Gasteiger partial charge on any atom is -0.327 e. The van der Waals surface area contributed by atoms with Crippen molar-refractivity contribution >= 4 is 23.2 Å². The topological polar surface area (TPSA) is 63.4 Å². The van der Waals surface area contributed by atoms with E-state index < -0.39 is 35.3 Å². The summed E-state index contributed by atoms with van der Waals surface area (Å²) in [5.41, 5.74) is -0.687. The van der Waals surface area contributed by atoms with Crippen LogP contribution in [0.4, 0.5) is 18.9 Å². The van der Waals surface area contributed by atoms with E-state index in [1.54, 1.807) is 0 Å². The number of nitro groups is 1. The van der Waals surface area contributed by atoms with E-state index in [0.717, 1.165) is 12.1 Å². The maximum atomic E-state index is 12.5. The van der Waals surface area contributed by atoms with Crippen molar-refractivity contribution < 1.29 is 22.9 Å². The molecule has 1 aromatic carbocycles. The standard InChI is InChI=1S/C12H10ClF3N2O3/c13-9-4-1-7(5-10(9)18(20)21)11(19)17(8-2-3-8)6-12(14,15)16/h1,4-5,8H,2-3,6H2. The lowest BCUT2D eigenvalue weighted by molar-refractivity contribution is -0.384. The zero-order valence-corrected chi connectivity index (χ0v) is 11.3. The highest BCUT2D eigenvalue weighted by Crippen LogP contribution is 2.32. The lowest BCUT2D eigenvalue weighted by Crippen LogP contribution is -2.40. The molecule has 1 amide bonds. The first-order valence-corrected chi connectivity index (χ1v) is 6.38. The van der Waals surface area contributed by atoms with E-state index in [1.807, 2.05) is 0 Å². The second kappa shape index (κ2) is 5.51. The van der Waals surface area contributed by atoms with Gasteiger partial charge in [0, 0.05) is 17.7 Å². The smallest absolute Gasteiger partial charge is 0.327 e. The van der Waals surface area contributed by atoms with E-state index in [2.05, 4.69) is 0 Å². The molecule has 1 aliphatic carbocycles. The van der Waals surface area contributed by atoms with Crippen molar-refractivity contribution in [3.8, 4) is 0 Å². The van der Waals surface area contributed by atoms with Gasteiger partial charge in [0.2, 0.25) is 0 Å². The van der Waals surface area contributed by atoms with Gasteiger partial charge >= 0.3 is 6.18 Å². The van der Waals surface area contributed by atoms with E-state index in [1.165, 1.54) is 6.07 Å². The highest BCUT2D eigenvalue weighted by atomic mass is 35.5. The molecular weight excluding hydrogens is 313 g/mol. The monoisotopic (exact) mass is 322 g/mol. The highest BCUT2D eigenvalue weighted by molar-refractivity contribution is 6.32. The Hall–Kier alpha value is -1.83. The summed E-state index contributed by atoms with van der Waals surface area (Å²) in [4.78, 5) is 22.8. The molecule has 9 heteroatoms. The van der Waals surface area contributed by atoms with Crippen LogP contribution in [0.15, 0.2) is 18.2 Å². The van der Waals surface area contributed by atoms with E-state index in [9.17, 15) is 28.1 Å². The number of amides is 1. The zero-order chi connectivity index (χ0) is 15.8. The molecular formula is C12H10ClF3N2O3. The third kappa shape index (κ3) is 3.84. The lowest BCUT2D eigenvalue weighted by atomic mass is 10.1. The van der Waals surface area contributed by atoms with Gasteiger partial charge in [0.25, 0.3) is 11.6 Å². The van der Waals surface area contributed by atoms with Crippen molar-refractivity contribution in [3.63, 3.8) is 0 Å². The van der Waals surface area contributed by atoms with Gasteiger partial charge in [0.1, 0.15) is 11.6 Å². The van der Waals surface area contributed by atoms with Gasteiger partial charge in [-0.05, 0) is 25.0 Å². The average molecular weight is 323 g/mol. The molecule has 0 saturated heterocycles. The molecule has 1 fully saturated rings. The van der Waals surface area contributed by atoms with E-state index >= 15 is 0 Å². The lowest BCUT2D eigenvalue weighted by Gasteiger charge is -2.23. The fraction of sp³-hybridized carbons (Fsp3) is 0.417. The molecule has 1 saturated carbocycles. The Kier molecular flexibility index (Phi) is 4.08. The van der Waals surface area contributed by atoms with Gasteiger partial charge in [-0.25, -0.2) is 0 Å². The summed E-state index contributed by atoms with van der Waals surface area (Å²) in [7, 11) is 0.